The summed E-state index contributed by atoms with van der Waals surface area (Å²) in [7, 11) is 0. The largest absolute Gasteiger partial charge is 0.416 e. The second-order valence-corrected chi connectivity index (χ2v) is 8.97. The zero-order chi connectivity index (χ0) is 19.1. The molecule has 0 amide bonds. The van der Waals surface area contributed by atoms with E-state index in [-0.39, 0.29) is 11.3 Å². The Kier molecular flexibility index (Phi) is 5.10. The van der Waals surface area contributed by atoms with Crippen molar-refractivity contribution in [2.24, 2.45) is 17.3 Å². The quantitative estimate of drug-likeness (QED) is 0.398. The summed E-state index contributed by atoms with van der Waals surface area (Å²) < 4.78 is 38.4. The van der Waals surface area contributed by atoms with Crippen LogP contribution in [-0.4, -0.2) is 46.4 Å². The fourth-order valence-electron chi connectivity index (χ4n) is 4.58. The SMILES string of the molecule is Cc1ccnc(SCCCN2C[C@@H]3C[C@]3(C3C=CC(C(F)(F)F)=CC3)C2)n1. The molecule has 0 radical (unpaired) electrons. The summed E-state index contributed by atoms with van der Waals surface area (Å²) in [4.78, 5) is 11.2. The van der Waals surface area contributed by atoms with Gasteiger partial charge in [-0.25, -0.2) is 9.97 Å². The van der Waals surface area contributed by atoms with Gasteiger partial charge in [-0.05, 0) is 56.0 Å². The van der Waals surface area contributed by atoms with Crippen LogP contribution in [0.15, 0.2) is 41.2 Å². The van der Waals surface area contributed by atoms with Crippen molar-refractivity contribution in [3.63, 3.8) is 0 Å². The van der Waals surface area contributed by atoms with E-state index in [2.05, 4.69) is 14.9 Å². The first-order valence-corrected chi connectivity index (χ1v) is 10.5. The van der Waals surface area contributed by atoms with Crippen LogP contribution in [0.4, 0.5) is 13.2 Å². The van der Waals surface area contributed by atoms with Gasteiger partial charge in [-0.15, -0.1) is 0 Å². The van der Waals surface area contributed by atoms with Gasteiger partial charge < -0.3 is 4.90 Å². The van der Waals surface area contributed by atoms with Crippen molar-refractivity contribution >= 4 is 11.8 Å². The summed E-state index contributed by atoms with van der Waals surface area (Å²) in [6.45, 7) is 5.12. The number of aryl methyl sites for hydroxylation is 1. The molecule has 27 heavy (non-hydrogen) atoms. The molecule has 2 fully saturated rings. The van der Waals surface area contributed by atoms with Gasteiger partial charge in [-0.3, -0.25) is 0 Å². The Morgan fingerprint density at radius 3 is 2.93 bits per heavy atom. The summed E-state index contributed by atoms with van der Waals surface area (Å²) in [5, 5.41) is 0.829. The molecule has 146 valence electrons. The smallest absolute Gasteiger partial charge is 0.302 e. The van der Waals surface area contributed by atoms with Gasteiger partial charge in [0.15, 0.2) is 5.16 Å². The zero-order valence-corrected chi connectivity index (χ0v) is 16.2. The number of hydrogen-bond acceptors (Lipinski definition) is 4. The molecule has 2 heterocycles. The fraction of sp³-hybridized carbons (Fsp3) is 0.600. The molecular formula is C20H24F3N3S. The van der Waals surface area contributed by atoms with Crippen LogP contribution in [0.1, 0.15) is 25.0 Å². The molecule has 2 aliphatic carbocycles. The van der Waals surface area contributed by atoms with E-state index in [0.717, 1.165) is 42.7 Å². The third kappa shape index (κ3) is 4.09. The topological polar surface area (TPSA) is 29.0 Å². The van der Waals surface area contributed by atoms with Crippen molar-refractivity contribution in [2.45, 2.75) is 37.5 Å². The maximum Gasteiger partial charge on any atom is 0.416 e. The molecule has 1 aromatic heterocycles. The van der Waals surface area contributed by atoms with Gasteiger partial charge >= 0.3 is 6.18 Å². The first-order chi connectivity index (χ1) is 12.9. The minimum Gasteiger partial charge on any atom is -0.302 e. The van der Waals surface area contributed by atoms with E-state index < -0.39 is 11.7 Å². The third-order valence-corrected chi connectivity index (χ3v) is 7.01. The van der Waals surface area contributed by atoms with Crippen LogP contribution < -0.4 is 0 Å². The van der Waals surface area contributed by atoms with E-state index in [9.17, 15) is 13.2 Å². The molecule has 1 saturated carbocycles. The van der Waals surface area contributed by atoms with Crippen molar-refractivity contribution in [1.29, 1.82) is 0 Å². The average molecular weight is 395 g/mol. The number of thioether (sulfide) groups is 1. The predicted octanol–water partition coefficient (Wildman–Crippen LogP) is 4.65. The molecule has 3 aliphatic rings. The fourth-order valence-corrected chi connectivity index (χ4v) is 5.38. The maximum atomic E-state index is 12.8. The van der Waals surface area contributed by atoms with Crippen LogP contribution in [-0.2, 0) is 0 Å². The Balaban J connectivity index is 1.23. The molecule has 3 nitrogen and oxygen atoms in total. The lowest BCUT2D eigenvalue weighted by Gasteiger charge is -2.27. The summed E-state index contributed by atoms with van der Waals surface area (Å²) >= 11 is 1.69. The van der Waals surface area contributed by atoms with Crippen LogP contribution in [0, 0.1) is 24.2 Å². The van der Waals surface area contributed by atoms with Crippen molar-refractivity contribution in [1.82, 2.24) is 14.9 Å². The van der Waals surface area contributed by atoms with Crippen LogP contribution in [0.5, 0.6) is 0 Å². The minimum absolute atomic E-state index is 0.219. The molecule has 4 rings (SSSR count). The van der Waals surface area contributed by atoms with Gasteiger partial charge in [-0.2, -0.15) is 13.2 Å². The second kappa shape index (κ2) is 7.24. The van der Waals surface area contributed by atoms with Crippen LogP contribution >= 0.6 is 11.8 Å². The highest BCUT2D eigenvalue weighted by Crippen LogP contribution is 2.64. The van der Waals surface area contributed by atoms with E-state index >= 15 is 0 Å². The van der Waals surface area contributed by atoms with E-state index in [0.29, 0.717) is 12.3 Å². The molecular weight excluding hydrogens is 371 g/mol. The van der Waals surface area contributed by atoms with E-state index in [1.807, 2.05) is 19.1 Å². The number of fused-ring (bicyclic) bond motifs is 1. The third-order valence-electron chi connectivity index (χ3n) is 6.06. The van der Waals surface area contributed by atoms with Crippen LogP contribution in [0.2, 0.25) is 0 Å². The summed E-state index contributed by atoms with van der Waals surface area (Å²) in [6.07, 6.45) is 4.83. The van der Waals surface area contributed by atoms with Gasteiger partial charge in [0.05, 0.1) is 5.57 Å². The summed E-state index contributed by atoms with van der Waals surface area (Å²) in [5.74, 6) is 1.90. The van der Waals surface area contributed by atoms with E-state index in [1.54, 1.807) is 18.0 Å². The van der Waals surface area contributed by atoms with E-state index in [4.69, 9.17) is 0 Å². The van der Waals surface area contributed by atoms with Crippen molar-refractivity contribution in [2.75, 3.05) is 25.4 Å². The highest BCUT2D eigenvalue weighted by molar-refractivity contribution is 7.99. The molecule has 0 bridgehead atoms. The Morgan fingerprint density at radius 2 is 2.22 bits per heavy atom. The number of nitrogens with zero attached hydrogens (tertiary/aromatic N) is 3. The average Bonchev–Trinajstić information content (AvgIpc) is 3.20. The van der Waals surface area contributed by atoms with Crippen molar-refractivity contribution < 1.29 is 13.2 Å². The van der Waals surface area contributed by atoms with Gasteiger partial charge in [0, 0.05) is 30.7 Å². The molecule has 1 aliphatic heterocycles. The lowest BCUT2D eigenvalue weighted by atomic mass is 9.82. The number of piperidine rings is 1. The van der Waals surface area contributed by atoms with Crippen LogP contribution in [0.3, 0.4) is 0 Å². The molecule has 7 heteroatoms. The van der Waals surface area contributed by atoms with Gasteiger partial charge in [0.2, 0.25) is 0 Å². The molecule has 0 spiro atoms. The molecule has 0 N–H and O–H groups in total. The Labute approximate surface area is 162 Å². The monoisotopic (exact) mass is 395 g/mol. The number of aromatic nitrogens is 2. The Bertz CT molecular complexity index is 761. The highest BCUT2D eigenvalue weighted by atomic mass is 32.2. The summed E-state index contributed by atoms with van der Waals surface area (Å²) in [6, 6.07) is 1.90. The number of halogens is 3. The maximum absolute atomic E-state index is 12.8. The van der Waals surface area contributed by atoms with Gasteiger partial charge in [-0.1, -0.05) is 30.0 Å². The Hall–Kier alpha value is -1.34. The van der Waals surface area contributed by atoms with Crippen molar-refractivity contribution in [3.05, 3.63) is 41.8 Å². The number of likely N-dealkylation sites (tertiary alicyclic amines) is 1. The lowest BCUT2D eigenvalue weighted by Crippen LogP contribution is -2.29. The number of allylic oxidation sites excluding steroid dienone is 4. The number of alkyl halides is 3. The van der Waals surface area contributed by atoms with Crippen LogP contribution in [0.25, 0.3) is 0 Å². The molecule has 0 aromatic carbocycles. The normalized spacial score (nSPS) is 30.3. The predicted molar refractivity (Wildman–Crippen MR) is 100 cm³/mol. The second-order valence-electron chi connectivity index (χ2n) is 7.91. The number of rotatable bonds is 6. The lowest BCUT2D eigenvalue weighted by molar-refractivity contribution is -0.0888. The standard InChI is InChI=1S/C20H24F3N3S/c1-14-7-8-24-18(25-14)27-10-2-9-26-12-17-11-19(17,13-26)15-3-5-16(6-4-15)20(21,22)23/h3,5-8,15,17H,2,4,9-13H2,1H3/t15?,17-,19+/m0/s1. The first-order valence-electron chi connectivity index (χ1n) is 9.47. The molecule has 3 atom stereocenters. The number of hydrogen-bond donors (Lipinski definition) is 0. The molecule has 1 unspecified atom stereocenters. The minimum atomic E-state index is -4.22. The highest BCUT2D eigenvalue weighted by Gasteiger charge is 2.62. The zero-order valence-electron chi connectivity index (χ0n) is 15.4. The summed E-state index contributed by atoms with van der Waals surface area (Å²) in [5.41, 5.74) is 0.714. The molecule has 1 saturated heterocycles. The Morgan fingerprint density at radius 1 is 1.37 bits per heavy atom. The molecule has 1 aromatic rings. The van der Waals surface area contributed by atoms with Gasteiger partial charge in [0.25, 0.3) is 0 Å². The van der Waals surface area contributed by atoms with Crippen molar-refractivity contribution in [3.8, 4) is 0 Å². The van der Waals surface area contributed by atoms with Gasteiger partial charge in [0.1, 0.15) is 0 Å². The van der Waals surface area contributed by atoms with E-state index in [1.165, 1.54) is 18.6 Å². The first kappa shape index (κ1) is 19.0.